The molecule has 1 aromatic rings. The fraction of sp³-hybridized carbons (Fsp3) is 0.538. The molecule has 0 radical (unpaired) electrons. The van der Waals surface area contributed by atoms with E-state index < -0.39 is 9.84 Å². The van der Waals surface area contributed by atoms with Crippen LogP contribution in [-0.4, -0.2) is 39.5 Å². The Kier molecular flexibility index (Phi) is 3.92. The molecule has 100 valence electrons. The van der Waals surface area contributed by atoms with Gasteiger partial charge in [-0.25, -0.2) is 8.42 Å². The van der Waals surface area contributed by atoms with Gasteiger partial charge >= 0.3 is 0 Å². The van der Waals surface area contributed by atoms with E-state index in [9.17, 15) is 8.42 Å². The van der Waals surface area contributed by atoms with Crippen molar-refractivity contribution in [2.75, 3.05) is 30.9 Å². The van der Waals surface area contributed by atoms with Crippen molar-refractivity contribution in [1.29, 1.82) is 0 Å². The van der Waals surface area contributed by atoms with Gasteiger partial charge in [-0.05, 0) is 43.0 Å². The molecule has 5 heteroatoms. The number of nitrogens with zero attached hydrogens (tertiary/aromatic N) is 1. The van der Waals surface area contributed by atoms with Crippen molar-refractivity contribution in [3.05, 3.63) is 23.8 Å². The van der Waals surface area contributed by atoms with Crippen LogP contribution >= 0.6 is 0 Å². The molecule has 18 heavy (non-hydrogen) atoms. The Morgan fingerprint density at radius 2 is 2.17 bits per heavy atom. The topological polar surface area (TPSA) is 57.6 Å². The van der Waals surface area contributed by atoms with E-state index in [0.717, 1.165) is 24.2 Å². The summed E-state index contributed by atoms with van der Waals surface area (Å²) in [6, 6.07) is 5.52. The van der Waals surface area contributed by atoms with E-state index in [1.165, 1.54) is 0 Å². The second kappa shape index (κ2) is 5.28. The molecular weight excluding hydrogens is 250 g/mol. The summed E-state index contributed by atoms with van der Waals surface area (Å²) in [5, 5.41) is 8.82. The van der Waals surface area contributed by atoms with Crippen LogP contribution in [-0.2, 0) is 16.3 Å². The van der Waals surface area contributed by atoms with Gasteiger partial charge in [-0.1, -0.05) is 0 Å². The van der Waals surface area contributed by atoms with Crippen LogP contribution in [0.15, 0.2) is 23.1 Å². The van der Waals surface area contributed by atoms with Crippen LogP contribution in [0.5, 0.6) is 0 Å². The van der Waals surface area contributed by atoms with Crippen molar-refractivity contribution in [2.24, 2.45) is 0 Å². The van der Waals surface area contributed by atoms with Gasteiger partial charge in [0, 0.05) is 25.9 Å². The van der Waals surface area contributed by atoms with Crippen molar-refractivity contribution >= 4 is 15.5 Å². The molecule has 0 aromatic heterocycles. The third-order valence-electron chi connectivity index (χ3n) is 3.33. The van der Waals surface area contributed by atoms with Gasteiger partial charge in [0.2, 0.25) is 0 Å². The summed E-state index contributed by atoms with van der Waals surface area (Å²) in [5.41, 5.74) is 1.94. The van der Waals surface area contributed by atoms with Crippen molar-refractivity contribution < 1.29 is 13.5 Å². The van der Waals surface area contributed by atoms with Gasteiger partial charge in [0.25, 0.3) is 0 Å². The molecule has 0 fully saturated rings. The maximum Gasteiger partial charge on any atom is 0.178 e. The molecule has 0 bridgehead atoms. The van der Waals surface area contributed by atoms with E-state index in [0.29, 0.717) is 17.7 Å². The number of aliphatic hydroxyl groups excluding tert-OH is 1. The zero-order chi connectivity index (χ0) is 13.2. The number of fused-ring (bicyclic) bond motifs is 1. The number of sulfone groups is 1. The summed E-state index contributed by atoms with van der Waals surface area (Å²) in [4.78, 5) is 2.53. The van der Waals surface area contributed by atoms with Gasteiger partial charge in [0.05, 0.1) is 10.6 Å². The van der Waals surface area contributed by atoms with E-state index >= 15 is 0 Å². The zero-order valence-corrected chi connectivity index (χ0v) is 11.4. The quantitative estimate of drug-likeness (QED) is 0.893. The Labute approximate surface area is 108 Å². The maximum atomic E-state index is 11.9. The second-order valence-electron chi connectivity index (χ2n) is 4.71. The molecule has 1 aromatic carbocycles. The second-order valence-corrected chi connectivity index (χ2v) is 6.79. The normalized spacial score (nSPS) is 17.2. The molecule has 0 atom stereocenters. The summed E-state index contributed by atoms with van der Waals surface area (Å²) in [6.45, 7) is 0.936. The number of hydrogen-bond acceptors (Lipinski definition) is 4. The smallest absolute Gasteiger partial charge is 0.178 e. The lowest BCUT2D eigenvalue weighted by Gasteiger charge is -2.22. The number of aryl methyl sites for hydroxylation is 1. The number of benzene rings is 1. The number of rotatable bonds is 4. The Hall–Kier alpha value is -1.07. The molecule has 0 aliphatic carbocycles. The number of anilines is 1. The van der Waals surface area contributed by atoms with Crippen LogP contribution in [0.1, 0.15) is 18.4 Å². The highest BCUT2D eigenvalue weighted by atomic mass is 32.2. The molecule has 1 heterocycles. The highest BCUT2D eigenvalue weighted by Gasteiger charge is 2.23. The van der Waals surface area contributed by atoms with Crippen LogP contribution in [0.2, 0.25) is 0 Å². The zero-order valence-electron chi connectivity index (χ0n) is 10.6. The molecule has 0 amide bonds. The standard InChI is InChI=1S/C13H19NO3S/c1-14(7-3-8-15)12-5-6-13-11(10-12)4-2-9-18(13,16)17/h5-6,10,15H,2-4,7-9H2,1H3. The first-order valence-corrected chi connectivity index (χ1v) is 7.87. The minimum absolute atomic E-state index is 0.170. The predicted octanol–water partition coefficient (Wildman–Crippen LogP) is 1.23. The fourth-order valence-electron chi connectivity index (χ4n) is 2.30. The van der Waals surface area contributed by atoms with E-state index in [4.69, 9.17) is 5.11 Å². The third-order valence-corrected chi connectivity index (χ3v) is 5.23. The van der Waals surface area contributed by atoms with Crippen LogP contribution in [0.3, 0.4) is 0 Å². The molecule has 1 N–H and O–H groups in total. The van der Waals surface area contributed by atoms with Gasteiger partial charge in [-0.15, -0.1) is 0 Å². The minimum atomic E-state index is -3.06. The predicted molar refractivity (Wildman–Crippen MR) is 71.8 cm³/mol. The van der Waals surface area contributed by atoms with Crippen LogP contribution < -0.4 is 4.90 Å². The fourth-order valence-corrected chi connectivity index (χ4v) is 3.88. The summed E-state index contributed by atoms with van der Waals surface area (Å²) >= 11 is 0. The number of aliphatic hydroxyl groups is 1. The van der Waals surface area contributed by atoms with Crippen molar-refractivity contribution in [2.45, 2.75) is 24.2 Å². The Morgan fingerprint density at radius 3 is 2.89 bits per heavy atom. The van der Waals surface area contributed by atoms with Crippen molar-refractivity contribution in [1.82, 2.24) is 0 Å². The monoisotopic (exact) mass is 269 g/mol. The van der Waals surface area contributed by atoms with Gasteiger partial charge in [-0.2, -0.15) is 0 Å². The summed E-state index contributed by atoms with van der Waals surface area (Å²) in [7, 11) is -1.11. The van der Waals surface area contributed by atoms with Gasteiger partial charge < -0.3 is 10.0 Å². The SMILES string of the molecule is CN(CCCO)c1ccc2c(c1)CCCS2(=O)=O. The molecule has 2 rings (SSSR count). The Balaban J connectivity index is 2.27. The average molecular weight is 269 g/mol. The Morgan fingerprint density at radius 1 is 1.39 bits per heavy atom. The van der Waals surface area contributed by atoms with Gasteiger partial charge in [0.1, 0.15) is 0 Å². The van der Waals surface area contributed by atoms with Crippen molar-refractivity contribution in [3.8, 4) is 0 Å². The van der Waals surface area contributed by atoms with E-state index in [1.54, 1.807) is 6.07 Å². The van der Waals surface area contributed by atoms with Crippen LogP contribution in [0.4, 0.5) is 5.69 Å². The molecule has 0 saturated heterocycles. The molecular formula is C13H19NO3S. The highest BCUT2D eigenvalue weighted by Crippen LogP contribution is 2.28. The largest absolute Gasteiger partial charge is 0.396 e. The lowest BCUT2D eigenvalue weighted by atomic mass is 10.1. The molecule has 0 saturated carbocycles. The lowest BCUT2D eigenvalue weighted by molar-refractivity contribution is 0.290. The summed E-state index contributed by atoms with van der Waals surface area (Å²) in [5.74, 6) is 0.264. The first-order valence-electron chi connectivity index (χ1n) is 6.22. The summed E-state index contributed by atoms with van der Waals surface area (Å²) in [6.07, 6.45) is 2.25. The maximum absolute atomic E-state index is 11.9. The molecule has 0 unspecified atom stereocenters. The third kappa shape index (κ3) is 2.67. The molecule has 0 spiro atoms. The van der Waals surface area contributed by atoms with Gasteiger partial charge in [0.15, 0.2) is 9.84 Å². The van der Waals surface area contributed by atoms with E-state index in [2.05, 4.69) is 0 Å². The van der Waals surface area contributed by atoms with Crippen LogP contribution in [0.25, 0.3) is 0 Å². The molecule has 1 aliphatic heterocycles. The molecule has 4 nitrogen and oxygen atoms in total. The van der Waals surface area contributed by atoms with Gasteiger partial charge in [-0.3, -0.25) is 0 Å². The number of hydrogen-bond donors (Lipinski definition) is 1. The molecule has 1 aliphatic rings. The van der Waals surface area contributed by atoms with Crippen molar-refractivity contribution in [3.63, 3.8) is 0 Å². The Bertz CT molecular complexity index is 525. The first-order chi connectivity index (χ1) is 8.54. The van der Waals surface area contributed by atoms with Crippen LogP contribution in [0, 0.1) is 0 Å². The lowest BCUT2D eigenvalue weighted by Crippen LogP contribution is -2.21. The van der Waals surface area contributed by atoms with E-state index in [-0.39, 0.29) is 12.4 Å². The summed E-state index contributed by atoms with van der Waals surface area (Å²) < 4.78 is 23.8. The highest BCUT2D eigenvalue weighted by molar-refractivity contribution is 7.91. The minimum Gasteiger partial charge on any atom is -0.396 e. The average Bonchev–Trinajstić information content (AvgIpc) is 2.35. The van der Waals surface area contributed by atoms with E-state index in [1.807, 2.05) is 24.1 Å². The first kappa shape index (κ1) is 13.4.